The van der Waals surface area contributed by atoms with Gasteiger partial charge in [0.25, 0.3) is 0 Å². The van der Waals surface area contributed by atoms with Crippen molar-refractivity contribution in [2.24, 2.45) is 5.92 Å². The van der Waals surface area contributed by atoms with Gasteiger partial charge in [0.05, 0.1) is 12.0 Å². The Morgan fingerprint density at radius 3 is 3.25 bits per heavy atom. The molecule has 16 heavy (non-hydrogen) atoms. The van der Waals surface area contributed by atoms with Crippen LogP contribution in [0.5, 0.6) is 0 Å². The molecule has 0 fully saturated rings. The summed E-state index contributed by atoms with van der Waals surface area (Å²) in [4.78, 5) is 0. The van der Waals surface area contributed by atoms with Crippen molar-refractivity contribution >= 4 is 5.69 Å². The van der Waals surface area contributed by atoms with Crippen LogP contribution in [-0.4, -0.2) is 13.1 Å². The molecule has 0 bridgehead atoms. The minimum absolute atomic E-state index is 0.0738. The summed E-state index contributed by atoms with van der Waals surface area (Å²) >= 11 is 0. The number of rotatable bonds is 4. The van der Waals surface area contributed by atoms with Gasteiger partial charge in [-0.15, -0.1) is 0 Å². The van der Waals surface area contributed by atoms with E-state index in [9.17, 15) is 0 Å². The molecular formula is C13H17N3. The quantitative estimate of drug-likeness (QED) is 0.806. The summed E-state index contributed by atoms with van der Waals surface area (Å²) in [6.07, 6.45) is 1.12. The van der Waals surface area contributed by atoms with Crippen LogP contribution in [0.2, 0.25) is 0 Å². The van der Waals surface area contributed by atoms with E-state index in [0.29, 0.717) is 0 Å². The molecular weight excluding hydrogens is 198 g/mol. The van der Waals surface area contributed by atoms with Gasteiger partial charge in [0.2, 0.25) is 0 Å². The highest BCUT2D eigenvalue weighted by atomic mass is 14.9. The maximum Gasteiger partial charge on any atom is 0.0666 e. The molecule has 1 aliphatic rings. The first-order chi connectivity index (χ1) is 7.81. The highest BCUT2D eigenvalue weighted by Gasteiger charge is 2.13. The van der Waals surface area contributed by atoms with E-state index in [1.807, 2.05) is 6.92 Å². The average Bonchev–Trinajstić information content (AvgIpc) is 2.77. The highest BCUT2D eigenvalue weighted by molar-refractivity contribution is 5.61. The summed E-state index contributed by atoms with van der Waals surface area (Å²) in [6.45, 7) is 4.56. The fourth-order valence-electron chi connectivity index (χ4n) is 2.03. The van der Waals surface area contributed by atoms with Crippen LogP contribution >= 0.6 is 0 Å². The molecule has 84 valence electrons. The number of fused-ring (bicyclic) bond motifs is 1. The largest absolute Gasteiger partial charge is 0.384 e. The number of hydrogen-bond donors (Lipinski definition) is 2. The first-order valence-corrected chi connectivity index (χ1v) is 5.76. The second kappa shape index (κ2) is 5.00. The van der Waals surface area contributed by atoms with E-state index in [-0.39, 0.29) is 5.92 Å². The van der Waals surface area contributed by atoms with Gasteiger partial charge >= 0.3 is 0 Å². The second-order valence-electron chi connectivity index (χ2n) is 4.29. The van der Waals surface area contributed by atoms with E-state index in [0.717, 1.165) is 26.1 Å². The van der Waals surface area contributed by atoms with Crippen molar-refractivity contribution in [3.63, 3.8) is 0 Å². The van der Waals surface area contributed by atoms with Gasteiger partial charge in [-0.25, -0.2) is 0 Å². The smallest absolute Gasteiger partial charge is 0.0666 e. The molecule has 1 aromatic rings. The van der Waals surface area contributed by atoms with Crippen molar-refractivity contribution in [3.8, 4) is 6.07 Å². The zero-order valence-electron chi connectivity index (χ0n) is 9.59. The predicted octanol–water partition coefficient (Wildman–Crippen LogP) is 1.90. The molecule has 0 saturated heterocycles. The van der Waals surface area contributed by atoms with Crippen molar-refractivity contribution in [1.29, 1.82) is 5.26 Å². The van der Waals surface area contributed by atoms with Crippen LogP contribution in [-0.2, 0) is 13.0 Å². The van der Waals surface area contributed by atoms with Crippen molar-refractivity contribution in [1.82, 2.24) is 5.32 Å². The number of nitrogens with zero attached hydrogens (tertiary/aromatic N) is 1. The molecule has 0 saturated carbocycles. The van der Waals surface area contributed by atoms with Gasteiger partial charge < -0.3 is 10.6 Å². The summed E-state index contributed by atoms with van der Waals surface area (Å²) in [5.74, 6) is 0.0738. The van der Waals surface area contributed by atoms with Gasteiger partial charge in [-0.05, 0) is 24.5 Å². The molecule has 1 aliphatic heterocycles. The lowest BCUT2D eigenvalue weighted by atomic mass is 10.1. The normalized spacial score (nSPS) is 15.0. The summed E-state index contributed by atoms with van der Waals surface area (Å²) in [5.41, 5.74) is 4.01. The molecule has 0 aliphatic carbocycles. The third-order valence-electron chi connectivity index (χ3n) is 2.92. The Labute approximate surface area is 96.5 Å². The van der Waals surface area contributed by atoms with E-state index >= 15 is 0 Å². The van der Waals surface area contributed by atoms with Crippen LogP contribution in [0.25, 0.3) is 0 Å². The van der Waals surface area contributed by atoms with Crippen molar-refractivity contribution in [2.75, 3.05) is 18.4 Å². The number of nitrogens with one attached hydrogen (secondary N) is 2. The lowest BCUT2D eigenvalue weighted by Crippen LogP contribution is -2.20. The molecule has 2 N–H and O–H groups in total. The van der Waals surface area contributed by atoms with Gasteiger partial charge in [0.1, 0.15) is 0 Å². The molecule has 0 spiro atoms. The molecule has 1 atom stereocenters. The second-order valence-corrected chi connectivity index (χ2v) is 4.29. The summed E-state index contributed by atoms with van der Waals surface area (Å²) < 4.78 is 0. The van der Waals surface area contributed by atoms with Gasteiger partial charge in [-0.1, -0.05) is 18.2 Å². The topological polar surface area (TPSA) is 47.9 Å². The Morgan fingerprint density at radius 2 is 2.44 bits per heavy atom. The monoisotopic (exact) mass is 215 g/mol. The SMILES string of the molecule is CC(C#N)CNCc1cccc2c1NCC2. The van der Waals surface area contributed by atoms with Crippen molar-refractivity contribution < 1.29 is 0 Å². The minimum atomic E-state index is 0.0738. The van der Waals surface area contributed by atoms with Crippen LogP contribution in [0, 0.1) is 17.2 Å². The van der Waals surface area contributed by atoms with Gasteiger partial charge in [-0.2, -0.15) is 5.26 Å². The Bertz CT molecular complexity index is 406. The molecule has 2 rings (SSSR count). The van der Waals surface area contributed by atoms with Crippen molar-refractivity contribution in [2.45, 2.75) is 19.9 Å². The molecule has 0 aromatic heterocycles. The van der Waals surface area contributed by atoms with E-state index in [2.05, 4.69) is 34.9 Å². The van der Waals surface area contributed by atoms with Crippen LogP contribution in [0.1, 0.15) is 18.1 Å². The number of para-hydroxylation sites is 1. The lowest BCUT2D eigenvalue weighted by molar-refractivity contribution is 0.602. The first kappa shape index (κ1) is 11.0. The summed E-state index contributed by atoms with van der Waals surface area (Å²) in [5, 5.41) is 15.4. The van der Waals surface area contributed by atoms with E-state index < -0.39 is 0 Å². The number of anilines is 1. The van der Waals surface area contributed by atoms with Crippen LogP contribution < -0.4 is 10.6 Å². The van der Waals surface area contributed by atoms with Gasteiger partial charge in [-0.3, -0.25) is 0 Å². The molecule has 1 unspecified atom stereocenters. The van der Waals surface area contributed by atoms with Crippen molar-refractivity contribution in [3.05, 3.63) is 29.3 Å². The van der Waals surface area contributed by atoms with E-state index in [1.54, 1.807) is 0 Å². The molecule has 0 amide bonds. The fourth-order valence-corrected chi connectivity index (χ4v) is 2.03. The third kappa shape index (κ3) is 2.34. The Morgan fingerprint density at radius 1 is 1.56 bits per heavy atom. The lowest BCUT2D eigenvalue weighted by Gasteiger charge is -2.10. The predicted molar refractivity (Wildman–Crippen MR) is 65.1 cm³/mol. The van der Waals surface area contributed by atoms with Crippen LogP contribution in [0.15, 0.2) is 18.2 Å². The molecule has 3 nitrogen and oxygen atoms in total. The van der Waals surface area contributed by atoms with Gasteiger partial charge in [0, 0.05) is 25.3 Å². The average molecular weight is 215 g/mol. The highest BCUT2D eigenvalue weighted by Crippen LogP contribution is 2.26. The maximum absolute atomic E-state index is 8.68. The number of benzene rings is 1. The first-order valence-electron chi connectivity index (χ1n) is 5.76. The Hall–Kier alpha value is -1.53. The molecule has 0 radical (unpaired) electrons. The van der Waals surface area contributed by atoms with E-state index in [1.165, 1.54) is 16.8 Å². The molecule has 1 heterocycles. The standard InChI is InChI=1S/C13H17N3/c1-10(7-14)8-15-9-12-4-2-3-11-5-6-16-13(11)12/h2-4,10,15-16H,5-6,8-9H2,1H3. The molecule has 1 aromatic carbocycles. The third-order valence-corrected chi connectivity index (χ3v) is 2.92. The Kier molecular flexibility index (Phi) is 3.43. The summed E-state index contributed by atoms with van der Waals surface area (Å²) in [7, 11) is 0. The van der Waals surface area contributed by atoms with Crippen LogP contribution in [0.4, 0.5) is 5.69 Å². The van der Waals surface area contributed by atoms with Crippen LogP contribution in [0.3, 0.4) is 0 Å². The summed E-state index contributed by atoms with van der Waals surface area (Å²) in [6, 6.07) is 8.65. The number of hydrogen-bond acceptors (Lipinski definition) is 3. The van der Waals surface area contributed by atoms with E-state index in [4.69, 9.17) is 5.26 Å². The minimum Gasteiger partial charge on any atom is -0.384 e. The fraction of sp³-hybridized carbons (Fsp3) is 0.462. The van der Waals surface area contributed by atoms with Gasteiger partial charge in [0.15, 0.2) is 0 Å². The maximum atomic E-state index is 8.68. The molecule has 3 heteroatoms. The Balaban J connectivity index is 1.95. The zero-order chi connectivity index (χ0) is 11.4. The number of nitriles is 1. The zero-order valence-corrected chi connectivity index (χ0v) is 9.59.